The van der Waals surface area contributed by atoms with Crippen molar-refractivity contribution in [3.05, 3.63) is 18.2 Å². The zero-order chi connectivity index (χ0) is 14.3. The molecule has 6 heteroatoms. The molecule has 3 rings (SSSR count). The highest BCUT2D eigenvalue weighted by Gasteiger charge is 2.45. The summed E-state index contributed by atoms with van der Waals surface area (Å²) in [5.41, 5.74) is 0. The number of amides is 2. The molecular weight excluding hydrogens is 256 g/mol. The molecule has 0 aromatic carbocycles. The van der Waals surface area contributed by atoms with Crippen LogP contribution in [0.25, 0.3) is 0 Å². The number of hydrogen-bond donors (Lipinski definition) is 1. The second-order valence-corrected chi connectivity index (χ2v) is 5.70. The van der Waals surface area contributed by atoms with Crippen LogP contribution >= 0.6 is 0 Å². The van der Waals surface area contributed by atoms with Crippen LogP contribution in [0.5, 0.6) is 0 Å². The van der Waals surface area contributed by atoms with Gasteiger partial charge in [-0.2, -0.15) is 0 Å². The molecule has 0 spiro atoms. The molecule has 1 aromatic rings. The summed E-state index contributed by atoms with van der Waals surface area (Å²) in [6.45, 7) is 4.94. The fourth-order valence-electron chi connectivity index (χ4n) is 2.76. The molecule has 1 saturated heterocycles. The lowest BCUT2D eigenvalue weighted by atomic mass is 10.0. The Labute approximate surface area is 118 Å². The van der Waals surface area contributed by atoms with Gasteiger partial charge in [0.1, 0.15) is 17.9 Å². The topological polar surface area (TPSA) is 67.2 Å². The predicted octanol–water partition coefficient (Wildman–Crippen LogP) is 0.317. The zero-order valence-corrected chi connectivity index (χ0v) is 11.9. The van der Waals surface area contributed by atoms with Crippen molar-refractivity contribution in [3.8, 4) is 0 Å². The monoisotopic (exact) mass is 276 g/mol. The van der Waals surface area contributed by atoms with Gasteiger partial charge in [0.05, 0.1) is 0 Å². The molecule has 1 saturated carbocycles. The fourth-order valence-corrected chi connectivity index (χ4v) is 2.76. The van der Waals surface area contributed by atoms with Gasteiger partial charge in [-0.3, -0.25) is 9.59 Å². The Balaban J connectivity index is 1.70. The third-order valence-corrected chi connectivity index (χ3v) is 4.29. The largest absolute Gasteiger partial charge is 0.342 e. The molecule has 0 bridgehead atoms. The van der Waals surface area contributed by atoms with E-state index in [2.05, 4.69) is 10.3 Å². The normalized spacial score (nSPS) is 26.8. The Kier molecular flexibility index (Phi) is 3.23. The van der Waals surface area contributed by atoms with Crippen LogP contribution in [0, 0.1) is 12.8 Å². The van der Waals surface area contributed by atoms with Gasteiger partial charge in [-0.05, 0) is 32.6 Å². The number of nitrogens with zero attached hydrogens (tertiary/aromatic N) is 3. The minimum Gasteiger partial charge on any atom is -0.342 e. The average molecular weight is 276 g/mol. The second kappa shape index (κ2) is 4.92. The number of aromatic nitrogens is 2. The summed E-state index contributed by atoms with van der Waals surface area (Å²) in [5.74, 6) is 1.29. The molecule has 2 unspecified atom stereocenters. The third kappa shape index (κ3) is 2.30. The summed E-state index contributed by atoms with van der Waals surface area (Å²) < 4.78 is 2.00. The first-order chi connectivity index (χ1) is 9.58. The highest BCUT2D eigenvalue weighted by Crippen LogP contribution is 2.34. The molecule has 1 aliphatic heterocycles. The summed E-state index contributed by atoms with van der Waals surface area (Å²) in [5, 5.41) is 2.86. The van der Waals surface area contributed by atoms with Gasteiger partial charge in [-0.1, -0.05) is 0 Å². The molecule has 2 heterocycles. The summed E-state index contributed by atoms with van der Waals surface area (Å²) in [6, 6.07) is -0.691. The molecule has 1 N–H and O–H groups in total. The molecule has 6 nitrogen and oxygen atoms in total. The molecule has 2 atom stereocenters. The molecular formula is C14H20N4O2. The highest BCUT2D eigenvalue weighted by molar-refractivity contribution is 5.97. The van der Waals surface area contributed by atoms with Crippen molar-refractivity contribution in [2.24, 2.45) is 5.92 Å². The van der Waals surface area contributed by atoms with E-state index in [0.717, 1.165) is 18.7 Å². The summed E-state index contributed by atoms with van der Waals surface area (Å²) >= 11 is 0. The van der Waals surface area contributed by atoms with Crippen molar-refractivity contribution in [2.75, 3.05) is 6.54 Å². The standard InChI is InChI=1S/C14H20N4O2/c1-9-13(19)16-12(11-3-4-11)14(20)18(9)8-7-17-6-5-15-10(17)2/h5-6,9,11-12H,3-4,7-8H2,1-2H3,(H,16,19). The van der Waals surface area contributed by atoms with Crippen LogP contribution in [-0.4, -0.2) is 44.9 Å². The van der Waals surface area contributed by atoms with Gasteiger partial charge in [0.15, 0.2) is 0 Å². The molecule has 1 aromatic heterocycles. The van der Waals surface area contributed by atoms with Crippen LogP contribution in [0.2, 0.25) is 0 Å². The predicted molar refractivity (Wildman–Crippen MR) is 72.8 cm³/mol. The Morgan fingerprint density at radius 2 is 2.10 bits per heavy atom. The number of hydrogen-bond acceptors (Lipinski definition) is 3. The first-order valence-electron chi connectivity index (χ1n) is 7.16. The molecule has 0 radical (unpaired) electrons. The van der Waals surface area contributed by atoms with Gasteiger partial charge in [0, 0.05) is 25.5 Å². The second-order valence-electron chi connectivity index (χ2n) is 5.70. The van der Waals surface area contributed by atoms with E-state index in [1.165, 1.54) is 0 Å². The van der Waals surface area contributed by atoms with E-state index >= 15 is 0 Å². The number of imidazole rings is 1. The van der Waals surface area contributed by atoms with Crippen LogP contribution in [0.4, 0.5) is 0 Å². The molecule has 1 aliphatic carbocycles. The fraction of sp³-hybridized carbons (Fsp3) is 0.643. The van der Waals surface area contributed by atoms with E-state index in [0.29, 0.717) is 19.0 Å². The first-order valence-corrected chi connectivity index (χ1v) is 7.16. The Bertz CT molecular complexity index is 535. The Hall–Kier alpha value is -1.85. The van der Waals surface area contributed by atoms with Crippen molar-refractivity contribution in [2.45, 2.75) is 45.3 Å². The van der Waals surface area contributed by atoms with E-state index in [4.69, 9.17) is 0 Å². The van der Waals surface area contributed by atoms with Crippen LogP contribution in [0.15, 0.2) is 12.4 Å². The average Bonchev–Trinajstić information content (AvgIpc) is 3.18. The van der Waals surface area contributed by atoms with E-state index in [-0.39, 0.29) is 23.9 Å². The van der Waals surface area contributed by atoms with Crippen molar-refractivity contribution >= 4 is 11.8 Å². The summed E-state index contributed by atoms with van der Waals surface area (Å²) in [6.07, 6.45) is 5.72. The van der Waals surface area contributed by atoms with Gasteiger partial charge >= 0.3 is 0 Å². The van der Waals surface area contributed by atoms with Crippen molar-refractivity contribution in [3.63, 3.8) is 0 Å². The number of nitrogens with one attached hydrogen (secondary N) is 1. The summed E-state index contributed by atoms with van der Waals surface area (Å²) in [7, 11) is 0. The van der Waals surface area contributed by atoms with Crippen LogP contribution in [-0.2, 0) is 16.1 Å². The van der Waals surface area contributed by atoms with Gasteiger partial charge in [-0.15, -0.1) is 0 Å². The molecule has 2 fully saturated rings. The Morgan fingerprint density at radius 1 is 1.35 bits per heavy atom. The maximum atomic E-state index is 12.5. The molecule has 108 valence electrons. The number of carbonyl (C=O) groups excluding carboxylic acids is 2. The maximum Gasteiger partial charge on any atom is 0.246 e. The maximum absolute atomic E-state index is 12.5. The molecule has 2 aliphatic rings. The minimum atomic E-state index is -0.388. The third-order valence-electron chi connectivity index (χ3n) is 4.29. The van der Waals surface area contributed by atoms with Crippen molar-refractivity contribution in [1.29, 1.82) is 0 Å². The van der Waals surface area contributed by atoms with E-state index in [1.807, 2.05) is 17.7 Å². The number of piperazine rings is 1. The van der Waals surface area contributed by atoms with Crippen molar-refractivity contribution in [1.82, 2.24) is 19.8 Å². The number of aryl methyl sites for hydroxylation is 1. The van der Waals surface area contributed by atoms with Crippen LogP contribution in [0.1, 0.15) is 25.6 Å². The van der Waals surface area contributed by atoms with Gasteiger partial charge in [-0.25, -0.2) is 4.98 Å². The van der Waals surface area contributed by atoms with E-state index < -0.39 is 0 Å². The lowest BCUT2D eigenvalue weighted by molar-refractivity contribution is -0.149. The highest BCUT2D eigenvalue weighted by atomic mass is 16.2. The van der Waals surface area contributed by atoms with Crippen LogP contribution in [0.3, 0.4) is 0 Å². The first kappa shape index (κ1) is 13.1. The lowest BCUT2D eigenvalue weighted by Crippen LogP contribution is -2.63. The van der Waals surface area contributed by atoms with E-state index in [1.54, 1.807) is 18.0 Å². The SMILES string of the molecule is Cc1nccn1CCN1C(=O)C(C2CC2)NC(=O)C1C. The van der Waals surface area contributed by atoms with E-state index in [9.17, 15) is 9.59 Å². The smallest absolute Gasteiger partial charge is 0.246 e. The molecule has 2 amide bonds. The zero-order valence-electron chi connectivity index (χ0n) is 11.9. The van der Waals surface area contributed by atoms with Crippen molar-refractivity contribution < 1.29 is 9.59 Å². The van der Waals surface area contributed by atoms with Crippen LogP contribution < -0.4 is 5.32 Å². The quantitative estimate of drug-likeness (QED) is 0.861. The van der Waals surface area contributed by atoms with Gasteiger partial charge in [0.25, 0.3) is 0 Å². The van der Waals surface area contributed by atoms with Gasteiger partial charge in [0.2, 0.25) is 11.8 Å². The number of rotatable bonds is 4. The minimum absolute atomic E-state index is 0.0381. The Morgan fingerprint density at radius 3 is 2.70 bits per heavy atom. The lowest BCUT2D eigenvalue weighted by Gasteiger charge is -2.37. The van der Waals surface area contributed by atoms with Gasteiger partial charge < -0.3 is 14.8 Å². The number of carbonyl (C=O) groups is 2. The summed E-state index contributed by atoms with van der Waals surface area (Å²) in [4.78, 5) is 30.4. The molecule has 20 heavy (non-hydrogen) atoms.